The molecule has 37 heavy (non-hydrogen) atoms. The molecule has 1 aromatic heterocycles. The highest BCUT2D eigenvalue weighted by atomic mass is 32.2. The van der Waals surface area contributed by atoms with E-state index in [0.29, 0.717) is 26.1 Å². The van der Waals surface area contributed by atoms with Crippen LogP contribution in [0.4, 0.5) is 0 Å². The molecule has 10 nitrogen and oxygen atoms in total. The molecule has 2 amide bonds. The number of imidazole rings is 1. The number of benzene rings is 1. The number of hydrogen-bond donors (Lipinski definition) is 2. The van der Waals surface area contributed by atoms with E-state index >= 15 is 0 Å². The molecular weight excluding hydrogens is 494 g/mol. The number of ether oxygens (including phenoxy) is 2. The Morgan fingerprint density at radius 1 is 1.27 bits per heavy atom. The summed E-state index contributed by atoms with van der Waals surface area (Å²) in [6.45, 7) is 1.85. The molecule has 1 aromatic carbocycles. The van der Waals surface area contributed by atoms with Crippen molar-refractivity contribution in [2.24, 2.45) is 0 Å². The Morgan fingerprint density at radius 2 is 2.05 bits per heavy atom. The largest absolute Gasteiger partial charge is 0.497 e. The fraction of sp³-hybridized carbons (Fsp3) is 0.538. The molecule has 2 aromatic rings. The third-order valence-corrected chi connectivity index (χ3v) is 7.07. The van der Waals surface area contributed by atoms with E-state index in [-0.39, 0.29) is 30.8 Å². The predicted octanol–water partition coefficient (Wildman–Crippen LogP) is 1.86. The van der Waals surface area contributed by atoms with Crippen molar-refractivity contribution in [3.05, 3.63) is 48.0 Å². The van der Waals surface area contributed by atoms with E-state index in [9.17, 15) is 14.4 Å². The van der Waals surface area contributed by atoms with E-state index in [1.165, 1.54) is 7.11 Å². The van der Waals surface area contributed by atoms with Crippen molar-refractivity contribution in [3.8, 4) is 5.75 Å². The molecule has 1 aliphatic rings. The number of carbonyl (C=O) groups is 3. The van der Waals surface area contributed by atoms with Crippen LogP contribution in [0.2, 0.25) is 0 Å². The van der Waals surface area contributed by atoms with Crippen molar-refractivity contribution in [3.63, 3.8) is 0 Å². The monoisotopic (exact) mass is 531 g/mol. The van der Waals surface area contributed by atoms with Crippen LogP contribution in [0.3, 0.4) is 0 Å². The van der Waals surface area contributed by atoms with Crippen LogP contribution >= 0.6 is 11.8 Å². The van der Waals surface area contributed by atoms with Gasteiger partial charge < -0.3 is 24.7 Å². The van der Waals surface area contributed by atoms with Crippen LogP contribution in [0.25, 0.3) is 0 Å². The number of rotatable bonds is 14. The van der Waals surface area contributed by atoms with Crippen molar-refractivity contribution in [1.82, 2.24) is 25.1 Å². The molecule has 11 heteroatoms. The lowest BCUT2D eigenvalue weighted by Crippen LogP contribution is -2.49. The number of esters is 1. The zero-order valence-corrected chi connectivity index (χ0v) is 22.6. The molecular formula is C26H37N5O5S. The molecule has 0 bridgehead atoms. The Labute approximate surface area is 222 Å². The fourth-order valence-electron chi connectivity index (χ4n) is 4.54. The molecule has 3 rings (SSSR count). The second-order valence-electron chi connectivity index (χ2n) is 9.08. The number of nitrogens with one attached hydrogen (secondary N) is 2. The summed E-state index contributed by atoms with van der Waals surface area (Å²) < 4.78 is 10.1. The SMILES string of the molecule is COC(=O)C(CCSC)NC(=O)CN(Cc1ccc(OC)cc1)C[C@@H]1CCCN1C(=O)Cc1cnc[nH]1. The number of H-pyrrole nitrogens is 1. The smallest absolute Gasteiger partial charge is 0.328 e. The molecule has 1 fully saturated rings. The minimum absolute atomic E-state index is 0.00522. The van der Waals surface area contributed by atoms with Crippen molar-refractivity contribution in [2.45, 2.75) is 44.3 Å². The van der Waals surface area contributed by atoms with Gasteiger partial charge in [0, 0.05) is 37.6 Å². The van der Waals surface area contributed by atoms with E-state index < -0.39 is 12.0 Å². The number of carbonyl (C=O) groups excluding carboxylic acids is 3. The van der Waals surface area contributed by atoms with Gasteiger partial charge in [0.05, 0.1) is 33.5 Å². The second kappa shape index (κ2) is 14.6. The Balaban J connectivity index is 1.70. The highest BCUT2D eigenvalue weighted by Crippen LogP contribution is 2.21. The van der Waals surface area contributed by atoms with E-state index in [1.54, 1.807) is 31.4 Å². The lowest BCUT2D eigenvalue weighted by Gasteiger charge is -2.31. The molecule has 0 aliphatic carbocycles. The van der Waals surface area contributed by atoms with Crippen LogP contribution in [0.5, 0.6) is 5.75 Å². The lowest BCUT2D eigenvalue weighted by atomic mass is 10.1. The summed E-state index contributed by atoms with van der Waals surface area (Å²) in [6, 6.07) is 7.02. The van der Waals surface area contributed by atoms with Gasteiger partial charge in [-0.1, -0.05) is 12.1 Å². The first-order chi connectivity index (χ1) is 17.9. The molecule has 1 unspecified atom stereocenters. The van der Waals surface area contributed by atoms with Gasteiger partial charge in [0.25, 0.3) is 0 Å². The molecule has 2 atom stereocenters. The van der Waals surface area contributed by atoms with Crippen molar-refractivity contribution < 1.29 is 23.9 Å². The van der Waals surface area contributed by atoms with Gasteiger partial charge in [0.15, 0.2) is 0 Å². The Morgan fingerprint density at radius 3 is 2.70 bits per heavy atom. The summed E-state index contributed by atoms with van der Waals surface area (Å²) in [5, 5.41) is 2.85. The van der Waals surface area contributed by atoms with Crippen molar-refractivity contribution >= 4 is 29.5 Å². The van der Waals surface area contributed by atoms with E-state index in [0.717, 1.165) is 35.6 Å². The molecule has 2 heterocycles. The highest BCUT2D eigenvalue weighted by molar-refractivity contribution is 7.98. The van der Waals surface area contributed by atoms with Crippen LogP contribution in [-0.2, 0) is 32.1 Å². The summed E-state index contributed by atoms with van der Waals surface area (Å²) >= 11 is 1.61. The topological polar surface area (TPSA) is 117 Å². The normalized spacial score (nSPS) is 16.0. The van der Waals surface area contributed by atoms with Crippen molar-refractivity contribution in [1.29, 1.82) is 0 Å². The Kier molecular flexibility index (Phi) is 11.3. The molecule has 2 N–H and O–H groups in total. The average Bonchev–Trinajstić information content (AvgIpc) is 3.58. The summed E-state index contributed by atoms with van der Waals surface area (Å²) in [7, 11) is 2.95. The van der Waals surface area contributed by atoms with Gasteiger partial charge in [-0.05, 0) is 49.0 Å². The maximum Gasteiger partial charge on any atom is 0.328 e. The third kappa shape index (κ3) is 8.78. The zero-order chi connectivity index (χ0) is 26.6. The third-order valence-electron chi connectivity index (χ3n) is 6.43. The standard InChI is InChI=1S/C26H37N5O5S/c1-35-22-8-6-19(7-9-22)15-30(17-24(32)29-23(10-12-37-3)26(34)36-2)16-21-5-4-11-31(21)25(33)13-20-14-27-18-28-20/h6-9,14,18,21,23H,4-5,10-13,15-17H2,1-3H3,(H,27,28)(H,29,32)/t21-,23?/m0/s1. The molecule has 1 saturated heterocycles. The first-order valence-corrected chi connectivity index (χ1v) is 13.8. The first-order valence-electron chi connectivity index (χ1n) is 12.4. The lowest BCUT2D eigenvalue weighted by molar-refractivity contribution is -0.145. The number of aromatic nitrogens is 2. The first kappa shape index (κ1) is 28.5. The van der Waals surface area contributed by atoms with Gasteiger partial charge in [-0.3, -0.25) is 14.5 Å². The number of nitrogens with zero attached hydrogens (tertiary/aromatic N) is 3. The highest BCUT2D eigenvalue weighted by Gasteiger charge is 2.31. The van der Waals surface area contributed by atoms with Gasteiger partial charge in [0.2, 0.25) is 11.8 Å². The van der Waals surface area contributed by atoms with Crippen LogP contribution in [0.15, 0.2) is 36.8 Å². The number of aromatic amines is 1. The summed E-state index contributed by atoms with van der Waals surface area (Å²) in [5.41, 5.74) is 1.80. The Bertz CT molecular complexity index is 1000. The van der Waals surface area contributed by atoms with E-state index in [4.69, 9.17) is 9.47 Å². The molecule has 202 valence electrons. The number of thioether (sulfide) groups is 1. The van der Waals surface area contributed by atoms with Gasteiger partial charge in [-0.25, -0.2) is 9.78 Å². The van der Waals surface area contributed by atoms with Gasteiger partial charge in [0.1, 0.15) is 11.8 Å². The second-order valence-corrected chi connectivity index (χ2v) is 10.1. The maximum absolute atomic E-state index is 13.1. The van der Waals surface area contributed by atoms with E-state index in [1.807, 2.05) is 40.3 Å². The number of hydrogen-bond acceptors (Lipinski definition) is 8. The quantitative estimate of drug-likeness (QED) is 0.355. The summed E-state index contributed by atoms with van der Waals surface area (Å²) in [4.78, 5) is 49.2. The molecule has 0 spiro atoms. The van der Waals surface area contributed by atoms with Gasteiger partial charge >= 0.3 is 5.97 Å². The van der Waals surface area contributed by atoms with Crippen LogP contribution in [0, 0.1) is 0 Å². The van der Waals surface area contributed by atoms with Crippen LogP contribution in [-0.4, -0.2) is 95.5 Å². The van der Waals surface area contributed by atoms with Crippen molar-refractivity contribution in [2.75, 3.05) is 45.9 Å². The minimum atomic E-state index is -0.688. The fourth-order valence-corrected chi connectivity index (χ4v) is 5.01. The van der Waals surface area contributed by atoms with Crippen LogP contribution < -0.4 is 10.1 Å². The number of amides is 2. The molecule has 0 radical (unpaired) electrons. The summed E-state index contributed by atoms with van der Waals surface area (Å²) in [6.07, 6.45) is 7.74. The molecule has 0 saturated carbocycles. The number of methoxy groups -OCH3 is 2. The van der Waals surface area contributed by atoms with E-state index in [2.05, 4.69) is 15.3 Å². The van der Waals surface area contributed by atoms with Gasteiger partial charge in [-0.15, -0.1) is 0 Å². The molecule has 1 aliphatic heterocycles. The minimum Gasteiger partial charge on any atom is -0.497 e. The Hall–Kier alpha value is -3.05. The predicted molar refractivity (Wildman–Crippen MR) is 142 cm³/mol. The maximum atomic E-state index is 13.1. The summed E-state index contributed by atoms with van der Waals surface area (Å²) in [5.74, 6) is 0.830. The average molecular weight is 532 g/mol. The number of likely N-dealkylation sites (tertiary alicyclic amines) is 1. The zero-order valence-electron chi connectivity index (χ0n) is 21.8. The van der Waals surface area contributed by atoms with Gasteiger partial charge in [-0.2, -0.15) is 11.8 Å². The van der Waals surface area contributed by atoms with Crippen LogP contribution in [0.1, 0.15) is 30.5 Å².